The molecule has 4 saturated carbocycles. The number of nitrogens with one attached hydrogen (secondary N) is 1. The summed E-state index contributed by atoms with van der Waals surface area (Å²) in [5, 5.41) is 21.0. The van der Waals surface area contributed by atoms with Gasteiger partial charge in [0.15, 0.2) is 6.10 Å². The van der Waals surface area contributed by atoms with Crippen LogP contribution in [0.5, 0.6) is 0 Å². The Labute approximate surface area is 198 Å². The number of halogens is 4. The van der Waals surface area contributed by atoms with Crippen LogP contribution in [0.2, 0.25) is 0 Å². The Morgan fingerprint density at radius 1 is 1.35 bits per heavy atom. The minimum Gasteiger partial charge on any atom is -0.479 e. The Balaban J connectivity index is 1.27. The van der Waals surface area contributed by atoms with Gasteiger partial charge in [-0.15, -0.1) is 23.4 Å². The van der Waals surface area contributed by atoms with Crippen LogP contribution in [-0.2, 0) is 19.7 Å². The van der Waals surface area contributed by atoms with E-state index in [1.807, 2.05) is 0 Å². The van der Waals surface area contributed by atoms with E-state index >= 15 is 0 Å². The smallest absolute Gasteiger partial charge is 0.479 e. The molecule has 12 heteroatoms. The summed E-state index contributed by atoms with van der Waals surface area (Å²) in [6, 6.07) is 0. The normalized spacial score (nSPS) is 31.3. The second-order valence-electron chi connectivity index (χ2n) is 9.14. The number of aliphatic hydroxyl groups excluding tert-OH is 1. The third kappa shape index (κ3) is 5.01. The third-order valence-corrected chi connectivity index (χ3v) is 6.63. The predicted molar refractivity (Wildman–Crippen MR) is 113 cm³/mol. The summed E-state index contributed by atoms with van der Waals surface area (Å²) < 4.78 is 52.2. The first-order chi connectivity index (χ1) is 16.0. The third-order valence-electron chi connectivity index (χ3n) is 6.51. The number of alkyl halides is 3. The van der Waals surface area contributed by atoms with Crippen molar-refractivity contribution in [2.45, 2.75) is 74.5 Å². The molecule has 0 unspecified atom stereocenters. The van der Waals surface area contributed by atoms with Gasteiger partial charge in [0.05, 0.1) is 18.1 Å². The molecular formula is C22H25ClF3N3O5. The monoisotopic (exact) mass is 503 g/mol. The molecule has 0 aliphatic heterocycles. The fourth-order valence-electron chi connectivity index (χ4n) is 4.87. The predicted octanol–water partition coefficient (Wildman–Crippen LogP) is 3.73. The second kappa shape index (κ2) is 9.01. The van der Waals surface area contributed by atoms with Crippen molar-refractivity contribution in [3.8, 4) is 0 Å². The maximum absolute atomic E-state index is 12.7. The summed E-state index contributed by atoms with van der Waals surface area (Å²) >= 11 is 5.70. The van der Waals surface area contributed by atoms with E-state index in [4.69, 9.17) is 20.8 Å². The van der Waals surface area contributed by atoms with Gasteiger partial charge in [0.25, 0.3) is 5.91 Å². The lowest BCUT2D eigenvalue weighted by Gasteiger charge is -2.68. The Hall–Kier alpha value is -2.37. The van der Waals surface area contributed by atoms with E-state index in [1.165, 1.54) is 6.08 Å². The van der Waals surface area contributed by atoms with Gasteiger partial charge in [0, 0.05) is 16.5 Å². The molecule has 0 spiro atoms. The number of carbonyl (C=O) groups excluding carboxylic acids is 1. The fourth-order valence-corrected chi connectivity index (χ4v) is 4.93. The molecule has 2 bridgehead atoms. The lowest BCUT2D eigenvalue weighted by atomic mass is 9.39. The lowest BCUT2D eigenvalue weighted by molar-refractivity contribution is -0.352. The Morgan fingerprint density at radius 2 is 2.03 bits per heavy atom. The molecule has 4 aliphatic rings. The van der Waals surface area contributed by atoms with Crippen molar-refractivity contribution in [3.63, 3.8) is 0 Å². The number of aliphatic hydroxyl groups is 1. The summed E-state index contributed by atoms with van der Waals surface area (Å²) in [5.41, 5.74) is -0.765. The molecule has 1 atom stereocenters. The first-order valence-electron chi connectivity index (χ1n) is 10.8. The highest BCUT2D eigenvalue weighted by Gasteiger charge is 2.72. The number of carbonyl (C=O) groups is 1. The molecule has 2 N–H and O–H groups in total. The van der Waals surface area contributed by atoms with Crippen LogP contribution < -0.4 is 5.32 Å². The lowest BCUT2D eigenvalue weighted by Crippen LogP contribution is -2.77. The van der Waals surface area contributed by atoms with Crippen molar-refractivity contribution < 1.29 is 37.0 Å². The van der Waals surface area contributed by atoms with Gasteiger partial charge in [-0.1, -0.05) is 18.2 Å². The van der Waals surface area contributed by atoms with Crippen LogP contribution in [0, 0.1) is 0 Å². The Kier molecular flexibility index (Phi) is 6.56. The number of ether oxygens (including phenoxy) is 2. The van der Waals surface area contributed by atoms with Crippen LogP contribution in [0.15, 0.2) is 40.0 Å². The zero-order valence-electron chi connectivity index (χ0n) is 18.4. The van der Waals surface area contributed by atoms with Gasteiger partial charge in [-0.3, -0.25) is 9.53 Å². The van der Waals surface area contributed by atoms with E-state index in [-0.39, 0.29) is 24.2 Å². The molecule has 1 aromatic rings. The summed E-state index contributed by atoms with van der Waals surface area (Å²) in [6.07, 6.45) is 0.217. The Bertz CT molecular complexity index is 996. The summed E-state index contributed by atoms with van der Waals surface area (Å²) in [4.78, 5) is 12.7. The van der Waals surface area contributed by atoms with Gasteiger partial charge >= 0.3 is 6.36 Å². The molecule has 34 heavy (non-hydrogen) atoms. The maximum atomic E-state index is 12.7. The fraction of sp³-hybridized carbons (Fsp3) is 0.591. The largest absolute Gasteiger partial charge is 0.522 e. The number of amides is 1. The van der Waals surface area contributed by atoms with Crippen LogP contribution in [0.4, 0.5) is 13.2 Å². The zero-order chi connectivity index (χ0) is 24.7. The summed E-state index contributed by atoms with van der Waals surface area (Å²) in [7, 11) is 0. The Morgan fingerprint density at radius 3 is 2.59 bits per heavy atom. The number of rotatable bonds is 10. The van der Waals surface area contributed by atoms with E-state index < -0.39 is 36.6 Å². The molecule has 5 rings (SSSR count). The van der Waals surface area contributed by atoms with Gasteiger partial charge in [-0.05, 0) is 57.3 Å². The molecule has 1 aromatic heterocycles. The molecule has 0 aromatic carbocycles. The van der Waals surface area contributed by atoms with E-state index in [1.54, 1.807) is 19.1 Å². The minimum atomic E-state index is -4.65. The van der Waals surface area contributed by atoms with Crippen molar-refractivity contribution >= 4 is 17.5 Å². The van der Waals surface area contributed by atoms with E-state index in [0.717, 1.165) is 0 Å². The molecule has 8 nitrogen and oxygen atoms in total. The topological polar surface area (TPSA) is 107 Å². The zero-order valence-corrected chi connectivity index (χ0v) is 19.2. The van der Waals surface area contributed by atoms with Gasteiger partial charge < -0.3 is 19.6 Å². The van der Waals surface area contributed by atoms with Gasteiger partial charge in [0.2, 0.25) is 11.8 Å². The average molecular weight is 504 g/mol. The van der Waals surface area contributed by atoms with Crippen LogP contribution in [0.1, 0.15) is 56.7 Å². The molecular weight excluding hydrogens is 479 g/mol. The van der Waals surface area contributed by atoms with Crippen molar-refractivity contribution in [1.29, 1.82) is 0 Å². The quantitative estimate of drug-likeness (QED) is 0.370. The van der Waals surface area contributed by atoms with Crippen molar-refractivity contribution in [1.82, 2.24) is 15.5 Å². The van der Waals surface area contributed by atoms with Gasteiger partial charge in [0.1, 0.15) is 5.76 Å². The first-order valence-corrected chi connectivity index (χ1v) is 11.2. The van der Waals surface area contributed by atoms with Crippen LogP contribution in [-0.4, -0.2) is 51.9 Å². The molecule has 4 fully saturated rings. The highest BCUT2D eigenvalue weighted by molar-refractivity contribution is 6.30. The molecule has 186 valence electrons. The first kappa shape index (κ1) is 24.7. The number of aromatic nitrogens is 2. The van der Waals surface area contributed by atoms with E-state index in [0.29, 0.717) is 41.8 Å². The molecule has 0 saturated heterocycles. The van der Waals surface area contributed by atoms with Crippen LogP contribution in [0.3, 0.4) is 0 Å². The molecule has 4 aliphatic carbocycles. The summed E-state index contributed by atoms with van der Waals surface area (Å²) in [6.45, 7) is 4.75. The van der Waals surface area contributed by atoms with E-state index in [2.05, 4.69) is 26.8 Å². The highest BCUT2D eigenvalue weighted by Crippen LogP contribution is 2.67. The van der Waals surface area contributed by atoms with Gasteiger partial charge in [-0.2, -0.15) is 0 Å². The number of hydrogen-bond acceptors (Lipinski definition) is 7. The maximum Gasteiger partial charge on any atom is 0.522 e. The molecule has 0 radical (unpaired) electrons. The standard InChI is InChI=1S/C22H25ClF3N3O5/c1-3-14(5-4-12(2)23)32-16(8-30)17(31)27-21-9-20(10-21,11-21)19-29-28-18(33-19)13-6-15(7-13)34-22(24,25)26/h3-5,13,15-16,30H,2,6-11H2,1H3,(H,27,31)/b5-4-,14-3+/t13?,15?,16-,20?,21?/m1/s1. The number of allylic oxidation sites excluding steroid dienone is 4. The number of nitrogens with zero attached hydrogens (tertiary/aromatic N) is 2. The van der Waals surface area contributed by atoms with Gasteiger partial charge in [-0.25, -0.2) is 0 Å². The summed E-state index contributed by atoms with van der Waals surface area (Å²) in [5.74, 6) is 0.437. The molecule has 1 amide bonds. The number of hydrogen-bond donors (Lipinski definition) is 2. The van der Waals surface area contributed by atoms with Crippen LogP contribution in [0.25, 0.3) is 0 Å². The highest BCUT2D eigenvalue weighted by atomic mass is 35.5. The second-order valence-corrected chi connectivity index (χ2v) is 9.63. The van der Waals surface area contributed by atoms with Crippen LogP contribution >= 0.6 is 11.6 Å². The van der Waals surface area contributed by atoms with Crippen molar-refractivity contribution in [2.75, 3.05) is 6.61 Å². The van der Waals surface area contributed by atoms with Crippen molar-refractivity contribution in [2.24, 2.45) is 0 Å². The van der Waals surface area contributed by atoms with Crippen molar-refractivity contribution in [3.05, 3.63) is 47.4 Å². The average Bonchev–Trinajstić information content (AvgIpc) is 3.14. The molecule has 1 heterocycles. The minimum absolute atomic E-state index is 0.180. The van der Waals surface area contributed by atoms with E-state index in [9.17, 15) is 23.1 Å². The SMILES string of the molecule is C=C(Cl)/C=C\C(=C/C)O[C@H](CO)C(=O)NC12CC(c3nnc(C4CC(OC(F)(F)F)C4)o3)(C1)C2.